The smallest absolute Gasteiger partial charge is 0.378 e. The first-order valence-corrected chi connectivity index (χ1v) is 8.31. The fourth-order valence-electron chi connectivity index (χ4n) is 4.39. The summed E-state index contributed by atoms with van der Waals surface area (Å²) in [6.07, 6.45) is -0.661. The van der Waals surface area contributed by atoms with Crippen LogP contribution in [0.3, 0.4) is 0 Å². The first-order valence-electron chi connectivity index (χ1n) is 8.31. The molecule has 1 aromatic carbocycles. The standard InChI is InChI=1S/C18H24F3NO/c1-22(2)13-5-3-12(4-6-13)14-7-8-16-15(14)9-10-17(16)23-11-18(19,20)21/h3-6,14-17H,7-11H2,1-2H3/t14-,15-,16+,17-/m0/s1. The van der Waals surface area contributed by atoms with Crippen LogP contribution in [-0.2, 0) is 4.74 Å². The van der Waals surface area contributed by atoms with Crippen molar-refractivity contribution in [2.75, 3.05) is 25.6 Å². The molecule has 0 saturated heterocycles. The van der Waals surface area contributed by atoms with E-state index in [4.69, 9.17) is 4.74 Å². The molecule has 0 radical (unpaired) electrons. The maximum atomic E-state index is 12.4. The van der Waals surface area contributed by atoms with E-state index in [-0.39, 0.29) is 12.0 Å². The summed E-state index contributed by atoms with van der Waals surface area (Å²) in [5.74, 6) is 1.23. The van der Waals surface area contributed by atoms with E-state index >= 15 is 0 Å². The number of benzene rings is 1. The highest BCUT2D eigenvalue weighted by molar-refractivity contribution is 5.46. The number of alkyl halides is 3. The van der Waals surface area contributed by atoms with E-state index in [1.165, 1.54) is 11.3 Å². The number of ether oxygens (including phenoxy) is 1. The van der Waals surface area contributed by atoms with Crippen LogP contribution in [0.15, 0.2) is 24.3 Å². The summed E-state index contributed by atoms with van der Waals surface area (Å²) in [6.45, 7) is -1.11. The number of hydrogen-bond acceptors (Lipinski definition) is 2. The predicted molar refractivity (Wildman–Crippen MR) is 84.8 cm³/mol. The van der Waals surface area contributed by atoms with Gasteiger partial charge in [0.15, 0.2) is 0 Å². The van der Waals surface area contributed by atoms with Gasteiger partial charge in [0.1, 0.15) is 6.61 Å². The van der Waals surface area contributed by atoms with Crippen molar-refractivity contribution >= 4 is 5.69 Å². The third-order valence-corrected chi connectivity index (χ3v) is 5.44. The van der Waals surface area contributed by atoms with Crippen LogP contribution in [0.4, 0.5) is 18.9 Å². The number of anilines is 1. The topological polar surface area (TPSA) is 12.5 Å². The van der Waals surface area contributed by atoms with E-state index in [1.807, 2.05) is 14.1 Å². The molecular formula is C18H24F3NO. The van der Waals surface area contributed by atoms with Gasteiger partial charge in [-0.15, -0.1) is 0 Å². The second kappa shape index (κ2) is 6.34. The molecule has 0 amide bonds. The summed E-state index contributed by atoms with van der Waals surface area (Å²) in [7, 11) is 4.03. The van der Waals surface area contributed by atoms with Gasteiger partial charge in [0.25, 0.3) is 0 Å². The predicted octanol–water partition coefficient (Wildman–Crippen LogP) is 4.60. The third-order valence-electron chi connectivity index (χ3n) is 5.44. The van der Waals surface area contributed by atoms with Crippen LogP contribution >= 0.6 is 0 Å². The van der Waals surface area contributed by atoms with Crippen molar-refractivity contribution in [1.82, 2.24) is 0 Å². The van der Waals surface area contributed by atoms with Crippen molar-refractivity contribution < 1.29 is 17.9 Å². The number of fused-ring (bicyclic) bond motifs is 1. The minimum Gasteiger partial charge on any atom is -0.378 e. The summed E-state index contributed by atoms with van der Waals surface area (Å²) < 4.78 is 42.3. The molecule has 23 heavy (non-hydrogen) atoms. The van der Waals surface area contributed by atoms with Gasteiger partial charge in [-0.3, -0.25) is 0 Å². The Morgan fingerprint density at radius 3 is 2.26 bits per heavy atom. The van der Waals surface area contributed by atoms with Crippen molar-refractivity contribution in [3.63, 3.8) is 0 Å². The highest BCUT2D eigenvalue weighted by atomic mass is 19.4. The fourth-order valence-corrected chi connectivity index (χ4v) is 4.39. The van der Waals surface area contributed by atoms with Crippen molar-refractivity contribution in [1.29, 1.82) is 0 Å². The Bertz CT molecular complexity index is 526. The molecule has 0 bridgehead atoms. The number of nitrogens with zero attached hydrogens (tertiary/aromatic N) is 1. The van der Waals surface area contributed by atoms with Crippen LogP contribution < -0.4 is 4.90 Å². The van der Waals surface area contributed by atoms with E-state index in [9.17, 15) is 13.2 Å². The van der Waals surface area contributed by atoms with Gasteiger partial charge < -0.3 is 9.64 Å². The molecule has 2 aliphatic rings. The van der Waals surface area contributed by atoms with E-state index in [0.717, 1.165) is 25.7 Å². The SMILES string of the molecule is CN(C)c1ccc([C@@H]2CC[C@@H]3[C@H]2CC[C@@H]3OCC(F)(F)F)cc1. The minimum absolute atomic E-state index is 0.215. The average Bonchev–Trinajstić information content (AvgIpc) is 3.06. The first-order chi connectivity index (χ1) is 10.8. The van der Waals surface area contributed by atoms with Crippen molar-refractivity contribution in [3.8, 4) is 0 Å². The number of hydrogen-bond donors (Lipinski definition) is 0. The normalized spacial score (nSPS) is 30.5. The maximum absolute atomic E-state index is 12.4. The average molecular weight is 327 g/mol. The molecule has 2 fully saturated rings. The largest absolute Gasteiger partial charge is 0.411 e. The van der Waals surface area contributed by atoms with E-state index in [0.29, 0.717) is 11.8 Å². The Hall–Kier alpha value is -1.23. The van der Waals surface area contributed by atoms with Crippen LogP contribution in [0.25, 0.3) is 0 Å². The zero-order valence-corrected chi connectivity index (χ0v) is 13.6. The number of halogens is 3. The van der Waals surface area contributed by atoms with Gasteiger partial charge >= 0.3 is 6.18 Å². The molecule has 3 rings (SSSR count). The second-order valence-corrected chi connectivity index (χ2v) is 7.04. The fraction of sp³-hybridized carbons (Fsp3) is 0.667. The maximum Gasteiger partial charge on any atom is 0.411 e. The van der Waals surface area contributed by atoms with Gasteiger partial charge in [0, 0.05) is 19.8 Å². The highest BCUT2D eigenvalue weighted by Gasteiger charge is 2.46. The monoisotopic (exact) mass is 327 g/mol. The third kappa shape index (κ3) is 3.65. The first kappa shape index (κ1) is 16.6. The summed E-state index contributed by atoms with van der Waals surface area (Å²) in [6, 6.07) is 8.59. The molecule has 1 aromatic rings. The molecule has 128 valence electrons. The van der Waals surface area contributed by atoms with Crippen LogP contribution in [0.5, 0.6) is 0 Å². The zero-order valence-electron chi connectivity index (χ0n) is 13.6. The Kier molecular flexibility index (Phi) is 4.59. The van der Waals surface area contributed by atoms with Crippen LogP contribution in [0.1, 0.15) is 37.2 Å². The lowest BCUT2D eigenvalue weighted by Crippen LogP contribution is -2.26. The number of rotatable bonds is 4. The van der Waals surface area contributed by atoms with Gasteiger partial charge in [0.05, 0.1) is 6.10 Å². The molecule has 0 aliphatic heterocycles. The molecule has 0 heterocycles. The Morgan fingerprint density at radius 2 is 1.65 bits per heavy atom. The summed E-state index contributed by atoms with van der Waals surface area (Å²) in [5.41, 5.74) is 2.49. The minimum atomic E-state index is -4.22. The van der Waals surface area contributed by atoms with Gasteiger partial charge in [0.2, 0.25) is 0 Å². The molecule has 5 heteroatoms. The van der Waals surface area contributed by atoms with E-state index in [2.05, 4.69) is 29.2 Å². The quantitative estimate of drug-likeness (QED) is 0.801. The van der Waals surface area contributed by atoms with Crippen LogP contribution in [0.2, 0.25) is 0 Å². The molecule has 2 saturated carbocycles. The van der Waals surface area contributed by atoms with E-state index in [1.54, 1.807) is 0 Å². The van der Waals surface area contributed by atoms with Crippen molar-refractivity contribution in [2.45, 2.75) is 43.9 Å². The van der Waals surface area contributed by atoms with E-state index < -0.39 is 12.8 Å². The molecule has 0 unspecified atom stereocenters. The highest BCUT2D eigenvalue weighted by Crippen LogP contribution is 2.53. The Labute approximate surface area is 135 Å². The molecule has 0 spiro atoms. The lowest BCUT2D eigenvalue weighted by Gasteiger charge is -2.22. The summed E-state index contributed by atoms with van der Waals surface area (Å²) in [5, 5.41) is 0. The molecule has 4 atom stereocenters. The van der Waals surface area contributed by atoms with Gasteiger partial charge in [-0.2, -0.15) is 13.2 Å². The molecule has 2 nitrogen and oxygen atoms in total. The Balaban J connectivity index is 1.64. The van der Waals surface area contributed by atoms with Gasteiger partial charge in [-0.25, -0.2) is 0 Å². The lowest BCUT2D eigenvalue weighted by molar-refractivity contribution is -0.188. The lowest BCUT2D eigenvalue weighted by atomic mass is 9.86. The summed E-state index contributed by atoms with van der Waals surface area (Å²) >= 11 is 0. The van der Waals surface area contributed by atoms with Crippen LogP contribution in [-0.4, -0.2) is 33.0 Å². The van der Waals surface area contributed by atoms with Crippen LogP contribution in [0, 0.1) is 11.8 Å². The second-order valence-electron chi connectivity index (χ2n) is 7.04. The molecule has 0 aromatic heterocycles. The molecule has 2 aliphatic carbocycles. The van der Waals surface area contributed by atoms with Gasteiger partial charge in [-0.05, 0) is 61.1 Å². The Morgan fingerprint density at radius 1 is 1.00 bits per heavy atom. The van der Waals surface area contributed by atoms with Gasteiger partial charge in [-0.1, -0.05) is 12.1 Å². The molecule has 0 N–H and O–H groups in total. The van der Waals surface area contributed by atoms with Crippen molar-refractivity contribution in [2.24, 2.45) is 11.8 Å². The molecular weight excluding hydrogens is 303 g/mol. The zero-order chi connectivity index (χ0) is 16.6. The summed E-state index contributed by atoms with van der Waals surface area (Å²) in [4.78, 5) is 2.07. The van der Waals surface area contributed by atoms with Crippen molar-refractivity contribution in [3.05, 3.63) is 29.8 Å².